The molecular weight excluding hydrogens is 386 g/mol. The van der Waals surface area contributed by atoms with E-state index in [2.05, 4.69) is 49.9 Å². The van der Waals surface area contributed by atoms with E-state index in [1.54, 1.807) is 0 Å². The smallest absolute Gasteiger partial charge is 0.410 e. The van der Waals surface area contributed by atoms with Crippen LogP contribution in [-0.2, 0) is 17.6 Å². The number of carbonyl (C=O) groups is 1. The minimum atomic E-state index is -0.476. The number of amides is 1. The van der Waals surface area contributed by atoms with E-state index in [4.69, 9.17) is 9.72 Å². The molecule has 5 nitrogen and oxygen atoms in total. The molecule has 2 aliphatic rings. The number of rotatable bonds is 1. The highest BCUT2D eigenvalue weighted by molar-refractivity contribution is 5.68. The first-order chi connectivity index (χ1) is 14.6. The quantitative estimate of drug-likeness (QED) is 0.662. The molecule has 31 heavy (non-hydrogen) atoms. The molecule has 0 radical (unpaired) electrons. The second kappa shape index (κ2) is 8.27. The largest absolute Gasteiger partial charge is 0.444 e. The van der Waals surface area contributed by atoms with Crippen LogP contribution in [0.1, 0.15) is 67.2 Å². The van der Waals surface area contributed by atoms with Crippen molar-refractivity contribution in [2.24, 2.45) is 0 Å². The molecule has 1 aromatic carbocycles. The average molecular weight is 422 g/mol. The Morgan fingerprint density at radius 3 is 2.48 bits per heavy atom. The van der Waals surface area contributed by atoms with Crippen LogP contribution in [0.25, 0.3) is 0 Å². The number of ether oxygens (including phenoxy) is 1. The molecule has 1 aliphatic heterocycles. The van der Waals surface area contributed by atoms with Crippen molar-refractivity contribution in [2.75, 3.05) is 19.6 Å². The Bertz CT molecular complexity index is 926. The van der Waals surface area contributed by atoms with Gasteiger partial charge in [0, 0.05) is 31.9 Å². The van der Waals surface area contributed by atoms with Gasteiger partial charge in [0.1, 0.15) is 5.60 Å². The van der Waals surface area contributed by atoms with Gasteiger partial charge >= 0.3 is 6.09 Å². The molecule has 2 aromatic rings. The maximum absolute atomic E-state index is 12.6. The normalized spacial score (nSPS) is 21.8. The van der Waals surface area contributed by atoms with E-state index in [-0.39, 0.29) is 18.2 Å². The van der Waals surface area contributed by atoms with Crippen LogP contribution in [0.2, 0.25) is 0 Å². The summed E-state index contributed by atoms with van der Waals surface area (Å²) in [7, 11) is 0. The van der Waals surface area contributed by atoms with Gasteiger partial charge in [-0.2, -0.15) is 0 Å². The summed E-state index contributed by atoms with van der Waals surface area (Å²) in [5.41, 5.74) is 7.33. The summed E-state index contributed by atoms with van der Waals surface area (Å²) in [6.07, 6.45) is 3.83. The van der Waals surface area contributed by atoms with Gasteiger partial charge in [0.15, 0.2) is 0 Å². The Balaban J connectivity index is 1.67. The van der Waals surface area contributed by atoms with Crippen molar-refractivity contribution in [2.45, 2.75) is 72.1 Å². The number of aromatic nitrogens is 1. The molecule has 1 amide bonds. The predicted molar refractivity (Wildman–Crippen MR) is 123 cm³/mol. The number of nitrogens with zero attached hydrogens (tertiary/aromatic N) is 3. The maximum atomic E-state index is 12.6. The zero-order valence-electron chi connectivity index (χ0n) is 19.7. The van der Waals surface area contributed by atoms with Gasteiger partial charge in [-0.05, 0) is 76.6 Å². The SMILES string of the molecule is Cc1ccc2c(c1)CCc1cc(C)cnc1C2N1CCN(C(=O)OC(C)(C)C)CC1C. The molecule has 0 saturated carbocycles. The van der Waals surface area contributed by atoms with Crippen LogP contribution in [0, 0.1) is 13.8 Å². The molecule has 1 aliphatic carbocycles. The summed E-state index contributed by atoms with van der Waals surface area (Å²) < 4.78 is 5.62. The molecule has 0 spiro atoms. The van der Waals surface area contributed by atoms with Crippen LogP contribution in [0.3, 0.4) is 0 Å². The van der Waals surface area contributed by atoms with E-state index in [0.29, 0.717) is 13.1 Å². The van der Waals surface area contributed by atoms with E-state index >= 15 is 0 Å². The Hall–Kier alpha value is -2.40. The molecule has 2 unspecified atom stereocenters. The number of pyridine rings is 1. The van der Waals surface area contributed by atoms with Crippen molar-refractivity contribution in [3.05, 3.63) is 64.0 Å². The Morgan fingerprint density at radius 2 is 1.77 bits per heavy atom. The van der Waals surface area contributed by atoms with Crippen molar-refractivity contribution in [1.82, 2.24) is 14.8 Å². The minimum absolute atomic E-state index is 0.115. The van der Waals surface area contributed by atoms with Crippen molar-refractivity contribution in [1.29, 1.82) is 0 Å². The van der Waals surface area contributed by atoms with Gasteiger partial charge in [0.05, 0.1) is 11.7 Å². The van der Waals surface area contributed by atoms with Gasteiger partial charge in [-0.15, -0.1) is 0 Å². The van der Waals surface area contributed by atoms with Crippen LogP contribution in [0.15, 0.2) is 30.5 Å². The Labute approximate surface area is 186 Å². The van der Waals surface area contributed by atoms with Crippen molar-refractivity contribution in [3.63, 3.8) is 0 Å². The highest BCUT2D eigenvalue weighted by atomic mass is 16.6. The van der Waals surface area contributed by atoms with Crippen molar-refractivity contribution in [3.8, 4) is 0 Å². The Kier molecular flexibility index (Phi) is 5.82. The number of piperazine rings is 1. The third kappa shape index (κ3) is 4.62. The molecular formula is C26H35N3O2. The van der Waals surface area contributed by atoms with E-state index in [0.717, 1.165) is 19.4 Å². The van der Waals surface area contributed by atoms with Gasteiger partial charge in [-0.3, -0.25) is 9.88 Å². The number of aryl methyl sites for hydroxylation is 4. The number of hydrogen-bond donors (Lipinski definition) is 0. The summed E-state index contributed by atoms with van der Waals surface area (Å²) in [5, 5.41) is 0. The van der Waals surface area contributed by atoms with E-state index in [9.17, 15) is 4.79 Å². The lowest BCUT2D eigenvalue weighted by Gasteiger charge is -2.44. The first-order valence-corrected chi connectivity index (χ1v) is 11.4. The van der Waals surface area contributed by atoms with E-state index in [1.807, 2.05) is 31.9 Å². The van der Waals surface area contributed by atoms with Crippen molar-refractivity contribution < 1.29 is 9.53 Å². The summed E-state index contributed by atoms with van der Waals surface area (Å²) in [6, 6.07) is 9.46. The monoisotopic (exact) mass is 421 g/mol. The van der Waals surface area contributed by atoms with Crippen LogP contribution in [-0.4, -0.2) is 52.2 Å². The van der Waals surface area contributed by atoms with Crippen molar-refractivity contribution >= 4 is 6.09 Å². The van der Waals surface area contributed by atoms with Crippen LogP contribution in [0.5, 0.6) is 0 Å². The molecule has 5 heteroatoms. The lowest BCUT2D eigenvalue weighted by Crippen LogP contribution is -2.55. The number of fused-ring (bicyclic) bond motifs is 2. The highest BCUT2D eigenvalue weighted by Crippen LogP contribution is 2.38. The minimum Gasteiger partial charge on any atom is -0.444 e. The van der Waals surface area contributed by atoms with Crippen LogP contribution in [0.4, 0.5) is 4.79 Å². The maximum Gasteiger partial charge on any atom is 0.410 e. The first kappa shape index (κ1) is 21.8. The van der Waals surface area contributed by atoms with Gasteiger partial charge in [-0.1, -0.05) is 29.8 Å². The van der Waals surface area contributed by atoms with Gasteiger partial charge in [0.25, 0.3) is 0 Å². The van der Waals surface area contributed by atoms with E-state index in [1.165, 1.54) is 33.5 Å². The van der Waals surface area contributed by atoms with Gasteiger partial charge in [0.2, 0.25) is 0 Å². The molecule has 2 heterocycles. The first-order valence-electron chi connectivity index (χ1n) is 11.4. The molecule has 0 N–H and O–H groups in total. The topological polar surface area (TPSA) is 45.7 Å². The number of hydrogen-bond acceptors (Lipinski definition) is 4. The second-order valence-electron chi connectivity index (χ2n) is 10.2. The molecule has 2 atom stereocenters. The third-order valence-corrected chi connectivity index (χ3v) is 6.32. The number of benzene rings is 1. The lowest BCUT2D eigenvalue weighted by molar-refractivity contribution is 0.000642. The fraction of sp³-hybridized carbons (Fsp3) is 0.538. The average Bonchev–Trinajstić information content (AvgIpc) is 2.83. The second-order valence-corrected chi connectivity index (χ2v) is 10.2. The Morgan fingerprint density at radius 1 is 1.06 bits per heavy atom. The molecule has 0 bridgehead atoms. The summed E-state index contributed by atoms with van der Waals surface area (Å²) in [5.74, 6) is 0. The van der Waals surface area contributed by atoms with E-state index < -0.39 is 5.60 Å². The third-order valence-electron chi connectivity index (χ3n) is 6.32. The fourth-order valence-electron chi connectivity index (χ4n) is 4.90. The molecule has 1 saturated heterocycles. The number of carbonyl (C=O) groups excluding carboxylic acids is 1. The lowest BCUT2D eigenvalue weighted by atomic mass is 9.93. The predicted octanol–water partition coefficient (Wildman–Crippen LogP) is 4.83. The van der Waals surface area contributed by atoms with Crippen LogP contribution < -0.4 is 0 Å². The summed E-state index contributed by atoms with van der Waals surface area (Å²) >= 11 is 0. The fourth-order valence-corrected chi connectivity index (χ4v) is 4.90. The molecule has 1 fully saturated rings. The molecule has 166 valence electrons. The van der Waals surface area contributed by atoms with Gasteiger partial charge in [-0.25, -0.2) is 4.79 Å². The zero-order chi connectivity index (χ0) is 22.3. The standard InChI is InChI=1S/C26H35N3O2/c1-17-7-10-22-20(13-17)8-9-21-14-18(2)15-27-23(21)24(22)29-12-11-28(16-19(29)3)25(30)31-26(4,5)6/h7,10,13-15,19,24H,8-9,11-12,16H2,1-6H3. The molecule has 4 rings (SSSR count). The molecule has 1 aromatic heterocycles. The van der Waals surface area contributed by atoms with Gasteiger partial charge < -0.3 is 9.64 Å². The van der Waals surface area contributed by atoms with Crippen LogP contribution >= 0.6 is 0 Å². The zero-order valence-corrected chi connectivity index (χ0v) is 19.7. The highest BCUT2D eigenvalue weighted by Gasteiger charge is 2.37. The summed E-state index contributed by atoms with van der Waals surface area (Å²) in [6.45, 7) is 14.4. The summed E-state index contributed by atoms with van der Waals surface area (Å²) in [4.78, 5) is 22.0.